The van der Waals surface area contributed by atoms with E-state index in [0.717, 1.165) is 30.1 Å². The van der Waals surface area contributed by atoms with E-state index in [2.05, 4.69) is 15.3 Å². The molecule has 1 aliphatic heterocycles. The number of carbonyl (C=O) groups is 2. The van der Waals surface area contributed by atoms with Gasteiger partial charge in [0.2, 0.25) is 11.8 Å². The second-order valence-corrected chi connectivity index (χ2v) is 9.13. The summed E-state index contributed by atoms with van der Waals surface area (Å²) in [5.74, 6) is 1.80. The minimum Gasteiger partial charge on any atom is -0.439 e. The molecule has 0 spiro atoms. The van der Waals surface area contributed by atoms with Gasteiger partial charge in [-0.1, -0.05) is 36.4 Å². The lowest BCUT2D eigenvalue weighted by atomic mass is 9.93. The van der Waals surface area contributed by atoms with Gasteiger partial charge in [-0.2, -0.15) is 4.98 Å². The predicted molar refractivity (Wildman–Crippen MR) is 130 cm³/mol. The number of aromatic nitrogens is 2. The molecule has 7 nitrogen and oxygen atoms in total. The molecule has 0 unspecified atom stereocenters. The lowest BCUT2D eigenvalue weighted by Gasteiger charge is -2.37. The summed E-state index contributed by atoms with van der Waals surface area (Å²) in [5.41, 5.74) is 0.377. The number of nitrogens with one attached hydrogen (secondary N) is 1. The summed E-state index contributed by atoms with van der Waals surface area (Å²) in [6.07, 6.45) is 1.51. The van der Waals surface area contributed by atoms with Gasteiger partial charge in [0.1, 0.15) is 17.1 Å². The van der Waals surface area contributed by atoms with Gasteiger partial charge in [0.15, 0.2) is 0 Å². The number of carbonyl (C=O) groups excluding carboxylic acids is 2. The minimum absolute atomic E-state index is 0.0894. The van der Waals surface area contributed by atoms with E-state index in [1.54, 1.807) is 38.1 Å². The topological polar surface area (TPSA) is 84.4 Å². The van der Waals surface area contributed by atoms with Crippen LogP contribution in [0.1, 0.15) is 54.5 Å². The zero-order valence-corrected chi connectivity index (χ0v) is 19.8. The predicted octanol–water partition coefficient (Wildman–Crippen LogP) is 4.49. The van der Waals surface area contributed by atoms with E-state index < -0.39 is 5.54 Å². The first-order valence-electron chi connectivity index (χ1n) is 11.6. The van der Waals surface area contributed by atoms with Crippen LogP contribution in [0.4, 0.5) is 0 Å². The van der Waals surface area contributed by atoms with Crippen molar-refractivity contribution < 1.29 is 14.3 Å². The summed E-state index contributed by atoms with van der Waals surface area (Å²) in [7, 11) is 0. The van der Waals surface area contributed by atoms with Crippen LogP contribution >= 0.6 is 0 Å². The Bertz CT molecular complexity index is 1140. The molecular weight excluding hydrogens is 428 g/mol. The number of amides is 2. The fourth-order valence-corrected chi connectivity index (χ4v) is 4.14. The van der Waals surface area contributed by atoms with E-state index in [9.17, 15) is 9.59 Å². The van der Waals surface area contributed by atoms with Gasteiger partial charge >= 0.3 is 0 Å². The van der Waals surface area contributed by atoms with Crippen molar-refractivity contribution in [2.24, 2.45) is 0 Å². The highest BCUT2D eigenvalue weighted by molar-refractivity contribution is 5.98. The van der Waals surface area contributed by atoms with Crippen LogP contribution in [0.25, 0.3) is 0 Å². The Balaban J connectivity index is 1.38. The normalized spacial score (nSPS) is 14.5. The molecule has 1 saturated heterocycles. The number of piperidine rings is 1. The van der Waals surface area contributed by atoms with E-state index in [4.69, 9.17) is 4.74 Å². The van der Waals surface area contributed by atoms with E-state index in [1.807, 2.05) is 54.3 Å². The Hall–Kier alpha value is -3.74. The van der Waals surface area contributed by atoms with Crippen LogP contribution in [0.15, 0.2) is 66.7 Å². The number of hydrogen-bond acceptors (Lipinski definition) is 5. The van der Waals surface area contributed by atoms with Gasteiger partial charge in [-0.25, -0.2) is 4.98 Å². The molecule has 0 radical (unpaired) electrons. The first-order chi connectivity index (χ1) is 16.3. The SMILES string of the molecule is Cc1cc(Oc2ccccc2)nc(C2CCN(C(=O)C(C)(C)NC(=O)c3ccccc3)CC2)n1. The summed E-state index contributed by atoms with van der Waals surface area (Å²) >= 11 is 0. The summed E-state index contributed by atoms with van der Waals surface area (Å²) in [6.45, 7) is 6.60. The summed E-state index contributed by atoms with van der Waals surface area (Å²) in [4.78, 5) is 36.9. The van der Waals surface area contributed by atoms with Crippen LogP contribution < -0.4 is 10.1 Å². The van der Waals surface area contributed by atoms with Crippen LogP contribution in [0.5, 0.6) is 11.6 Å². The van der Waals surface area contributed by atoms with E-state index in [1.165, 1.54) is 0 Å². The average molecular weight is 459 g/mol. The van der Waals surface area contributed by atoms with Crippen molar-refractivity contribution in [2.75, 3.05) is 13.1 Å². The van der Waals surface area contributed by atoms with Gasteiger partial charge in [-0.05, 0) is 57.9 Å². The first kappa shape index (κ1) is 23.4. The lowest BCUT2D eigenvalue weighted by Crippen LogP contribution is -2.57. The second-order valence-electron chi connectivity index (χ2n) is 9.13. The molecule has 7 heteroatoms. The van der Waals surface area contributed by atoms with E-state index in [0.29, 0.717) is 24.5 Å². The van der Waals surface area contributed by atoms with Gasteiger partial charge in [-0.3, -0.25) is 9.59 Å². The number of benzene rings is 2. The van der Waals surface area contributed by atoms with Gasteiger partial charge in [0, 0.05) is 36.3 Å². The maximum atomic E-state index is 13.2. The van der Waals surface area contributed by atoms with Crippen molar-refractivity contribution in [1.82, 2.24) is 20.2 Å². The molecule has 1 aliphatic rings. The molecule has 34 heavy (non-hydrogen) atoms. The monoisotopic (exact) mass is 458 g/mol. The number of ether oxygens (including phenoxy) is 1. The third kappa shape index (κ3) is 5.60. The average Bonchev–Trinajstić information content (AvgIpc) is 2.84. The zero-order valence-electron chi connectivity index (χ0n) is 19.8. The van der Waals surface area contributed by atoms with Crippen molar-refractivity contribution in [3.05, 3.63) is 83.8 Å². The molecule has 3 aromatic rings. The van der Waals surface area contributed by atoms with Crippen molar-refractivity contribution in [3.8, 4) is 11.6 Å². The van der Waals surface area contributed by atoms with Crippen molar-refractivity contribution in [1.29, 1.82) is 0 Å². The Labute approximate surface area is 200 Å². The number of para-hydroxylation sites is 1. The molecule has 0 bridgehead atoms. The third-order valence-electron chi connectivity index (χ3n) is 5.96. The fourth-order valence-electron chi connectivity index (χ4n) is 4.14. The van der Waals surface area contributed by atoms with Crippen LogP contribution in [-0.4, -0.2) is 45.3 Å². The summed E-state index contributed by atoms with van der Waals surface area (Å²) in [6, 6.07) is 20.3. The van der Waals surface area contributed by atoms with Crippen LogP contribution in [-0.2, 0) is 4.79 Å². The fraction of sp³-hybridized carbons (Fsp3) is 0.333. The molecule has 1 fully saturated rings. The highest BCUT2D eigenvalue weighted by Crippen LogP contribution is 2.29. The molecule has 1 aromatic heterocycles. The first-order valence-corrected chi connectivity index (χ1v) is 11.6. The molecule has 0 atom stereocenters. The number of likely N-dealkylation sites (tertiary alicyclic amines) is 1. The van der Waals surface area contributed by atoms with E-state index in [-0.39, 0.29) is 17.7 Å². The van der Waals surface area contributed by atoms with Crippen molar-refractivity contribution in [2.45, 2.75) is 45.1 Å². The number of nitrogens with zero attached hydrogens (tertiary/aromatic N) is 3. The minimum atomic E-state index is -1.00. The second kappa shape index (κ2) is 10.0. The standard InChI is InChI=1S/C27H30N4O3/c1-19-18-23(34-22-12-8-5-9-13-22)29-24(28-19)20-14-16-31(17-15-20)26(33)27(2,3)30-25(32)21-10-6-4-7-11-21/h4-13,18,20H,14-17H2,1-3H3,(H,30,32). The Morgan fingerprint density at radius 3 is 2.24 bits per heavy atom. The molecule has 4 rings (SSSR count). The van der Waals surface area contributed by atoms with Gasteiger partial charge < -0.3 is 15.0 Å². The lowest BCUT2D eigenvalue weighted by molar-refractivity contribution is -0.137. The third-order valence-corrected chi connectivity index (χ3v) is 5.96. The quantitative estimate of drug-likeness (QED) is 0.588. The molecular formula is C27H30N4O3. The maximum absolute atomic E-state index is 13.2. The van der Waals surface area contributed by atoms with Gasteiger partial charge in [0.25, 0.3) is 5.91 Å². The number of aryl methyl sites for hydroxylation is 1. The Morgan fingerprint density at radius 1 is 0.971 bits per heavy atom. The number of hydrogen-bond donors (Lipinski definition) is 1. The Kier molecular flexibility index (Phi) is 6.91. The summed E-state index contributed by atoms with van der Waals surface area (Å²) < 4.78 is 5.91. The molecule has 0 aliphatic carbocycles. The smallest absolute Gasteiger partial charge is 0.252 e. The summed E-state index contributed by atoms with van der Waals surface area (Å²) in [5, 5.41) is 2.88. The highest BCUT2D eigenvalue weighted by atomic mass is 16.5. The molecule has 1 N–H and O–H groups in total. The van der Waals surface area contributed by atoms with Gasteiger partial charge in [-0.15, -0.1) is 0 Å². The van der Waals surface area contributed by atoms with E-state index >= 15 is 0 Å². The zero-order chi connectivity index (χ0) is 24.1. The molecule has 176 valence electrons. The van der Waals surface area contributed by atoms with Crippen LogP contribution in [0.3, 0.4) is 0 Å². The maximum Gasteiger partial charge on any atom is 0.252 e. The largest absolute Gasteiger partial charge is 0.439 e. The molecule has 0 saturated carbocycles. The molecule has 2 aromatic carbocycles. The molecule has 2 amide bonds. The van der Waals surface area contributed by atoms with Crippen molar-refractivity contribution in [3.63, 3.8) is 0 Å². The Morgan fingerprint density at radius 2 is 1.59 bits per heavy atom. The highest BCUT2D eigenvalue weighted by Gasteiger charge is 2.36. The van der Waals surface area contributed by atoms with Crippen molar-refractivity contribution >= 4 is 11.8 Å². The number of rotatable bonds is 6. The molecule has 2 heterocycles. The van der Waals surface area contributed by atoms with Gasteiger partial charge in [0.05, 0.1) is 0 Å². The van der Waals surface area contributed by atoms with Crippen LogP contribution in [0, 0.1) is 6.92 Å². The van der Waals surface area contributed by atoms with Crippen LogP contribution in [0.2, 0.25) is 0 Å².